The average Bonchev–Trinajstić information content (AvgIpc) is 3.81. The zero-order valence-corrected chi connectivity index (χ0v) is 32.8. The molecule has 0 bridgehead atoms. The van der Waals surface area contributed by atoms with E-state index in [4.69, 9.17) is 10.2 Å². The normalized spacial score (nSPS) is 23.9. The van der Waals surface area contributed by atoms with Gasteiger partial charge in [0, 0.05) is 0 Å². The highest BCUT2D eigenvalue weighted by molar-refractivity contribution is 8.50. The molecule has 4 nitrogen and oxygen atoms in total. The second-order valence-corrected chi connectivity index (χ2v) is 26.1. The zero-order valence-electron chi connectivity index (χ0n) is 19.7. The molecule has 0 aliphatic carbocycles. The summed E-state index contributed by atoms with van der Waals surface area (Å²) in [5, 5.41) is 30.0. The molecule has 0 saturated carbocycles. The van der Waals surface area contributed by atoms with Crippen molar-refractivity contribution in [2.24, 2.45) is 0 Å². The summed E-state index contributed by atoms with van der Waals surface area (Å²) < 4.78 is 15.5. The van der Waals surface area contributed by atoms with Crippen LogP contribution in [0.5, 0.6) is 0 Å². The van der Waals surface area contributed by atoms with E-state index in [1.54, 1.807) is 105 Å². The van der Waals surface area contributed by atoms with Gasteiger partial charge in [0.2, 0.25) is 0 Å². The lowest BCUT2D eigenvalue weighted by molar-refractivity contribution is -0.132. The van der Waals surface area contributed by atoms with Crippen LogP contribution in [0.2, 0.25) is 0 Å². The van der Waals surface area contributed by atoms with Crippen LogP contribution in [0, 0.1) is 0 Å². The summed E-state index contributed by atoms with van der Waals surface area (Å²) in [4.78, 5) is 22.8. The first-order chi connectivity index (χ1) is 20.4. The molecular formula is C23H12O4S16. The fraction of sp³-hybridized carbons (Fsp3) is 0.0435. The van der Waals surface area contributed by atoms with Crippen LogP contribution in [0.3, 0.4) is 0 Å². The highest BCUT2D eigenvalue weighted by Crippen LogP contribution is 2.72. The van der Waals surface area contributed by atoms with Crippen LogP contribution < -0.4 is 0 Å². The highest BCUT2D eigenvalue weighted by atomic mass is 32.3. The van der Waals surface area contributed by atoms with Crippen molar-refractivity contribution < 1.29 is 19.8 Å². The van der Waals surface area contributed by atoms with E-state index in [1.165, 1.54) is 89.4 Å². The van der Waals surface area contributed by atoms with E-state index in [0.717, 1.165) is 8.47 Å². The van der Waals surface area contributed by atoms with Gasteiger partial charge in [0.15, 0.2) is 0 Å². The molecule has 0 spiro atoms. The molecule has 0 amide bonds. The number of thioether (sulfide) groups is 16. The Morgan fingerprint density at radius 3 is 0.884 bits per heavy atom. The van der Waals surface area contributed by atoms with E-state index in [1.807, 2.05) is 47.0 Å². The first-order valence-corrected chi connectivity index (χ1v) is 24.3. The second-order valence-electron chi connectivity index (χ2n) is 7.30. The standard InChI is InChI=1S/2C11H4O2S8.CH4/c2*12-5(13)4-3-16-7(17-4)9-20-10-11(21-9)19-8(18-10)6-14-1-2-15-6;/h2*1-3H,(H,12,13);1H4. The van der Waals surface area contributed by atoms with Crippen molar-refractivity contribution in [3.05, 3.63) is 93.1 Å². The summed E-state index contributed by atoms with van der Waals surface area (Å²) in [6.07, 6.45) is 0. The molecule has 0 saturated heterocycles. The first-order valence-electron chi connectivity index (χ1n) is 10.8. The largest absolute Gasteiger partial charge is 0.477 e. The van der Waals surface area contributed by atoms with Gasteiger partial charge in [0.1, 0.15) is 9.81 Å². The van der Waals surface area contributed by atoms with Crippen molar-refractivity contribution >= 4 is 200 Å². The number of hydrogen-bond donors (Lipinski definition) is 2. The van der Waals surface area contributed by atoms with E-state index >= 15 is 0 Å². The summed E-state index contributed by atoms with van der Waals surface area (Å²) >= 11 is 27.4. The third-order valence-electron chi connectivity index (χ3n) is 4.67. The van der Waals surface area contributed by atoms with Gasteiger partial charge in [-0.3, -0.25) is 0 Å². The minimum Gasteiger partial charge on any atom is -0.477 e. The van der Waals surface area contributed by atoms with Gasteiger partial charge in [0.05, 0.1) is 50.8 Å². The summed E-state index contributed by atoms with van der Waals surface area (Å²) in [7, 11) is 0. The SMILES string of the molecule is C.O=C(O)C1=CSC(=C2SC3=C(SC(=C4SC=CS4)S3)S2)S1.O=C(O)C1=CSC(=C2SC3=C(SC(=C4SC=CS4)S3)S2)S1. The topological polar surface area (TPSA) is 74.6 Å². The Hall–Kier alpha value is 1.94. The van der Waals surface area contributed by atoms with Gasteiger partial charge in [-0.1, -0.05) is 196 Å². The van der Waals surface area contributed by atoms with Crippen LogP contribution in [-0.2, 0) is 9.59 Å². The summed E-state index contributed by atoms with van der Waals surface area (Å²) in [5.74, 6) is -1.68. The van der Waals surface area contributed by atoms with Crippen LogP contribution in [0.4, 0.5) is 0 Å². The third kappa shape index (κ3) is 8.06. The number of rotatable bonds is 2. The number of carboxylic acid groups (broad SMARTS) is 2. The molecule has 8 aliphatic rings. The maximum absolute atomic E-state index is 11.0. The monoisotopic (exact) mass is 864 g/mol. The fourth-order valence-electron chi connectivity index (χ4n) is 2.99. The molecule has 0 fully saturated rings. The zero-order chi connectivity index (χ0) is 28.8. The molecule has 224 valence electrons. The lowest BCUT2D eigenvalue weighted by Crippen LogP contribution is -1.92. The molecule has 8 aliphatic heterocycles. The Bertz CT molecular complexity index is 1450. The van der Waals surface area contributed by atoms with E-state index < -0.39 is 11.9 Å². The minimum absolute atomic E-state index is 0. The molecule has 0 atom stereocenters. The molecular weight excluding hydrogens is 853 g/mol. The molecule has 20 heteroatoms. The molecule has 0 aromatic rings. The second kappa shape index (κ2) is 15.7. The number of aliphatic carboxylic acids is 2. The Morgan fingerprint density at radius 1 is 0.372 bits per heavy atom. The molecule has 43 heavy (non-hydrogen) atoms. The lowest BCUT2D eigenvalue weighted by Gasteiger charge is -2.06. The van der Waals surface area contributed by atoms with Gasteiger partial charge in [0.25, 0.3) is 0 Å². The van der Waals surface area contributed by atoms with Crippen LogP contribution in [0.25, 0.3) is 0 Å². The molecule has 8 heterocycles. The van der Waals surface area contributed by atoms with Gasteiger partial charge in [-0.05, 0) is 32.4 Å². The summed E-state index contributed by atoms with van der Waals surface area (Å²) in [5.41, 5.74) is 0. The van der Waals surface area contributed by atoms with Crippen LogP contribution >= 0.6 is 188 Å². The molecule has 0 radical (unpaired) electrons. The van der Waals surface area contributed by atoms with Gasteiger partial charge >= 0.3 is 11.9 Å². The smallest absolute Gasteiger partial charge is 0.343 e. The number of carbonyl (C=O) groups is 2. The van der Waals surface area contributed by atoms with Gasteiger partial charge in [-0.15, -0.1) is 0 Å². The average molecular weight is 865 g/mol. The molecule has 0 unspecified atom stereocenters. The maximum Gasteiger partial charge on any atom is 0.343 e. The van der Waals surface area contributed by atoms with E-state index in [0.29, 0.717) is 9.81 Å². The molecule has 0 aromatic heterocycles. The van der Waals surface area contributed by atoms with Crippen molar-refractivity contribution in [1.29, 1.82) is 0 Å². The van der Waals surface area contributed by atoms with Crippen molar-refractivity contribution in [2.75, 3.05) is 0 Å². The fourth-order valence-corrected chi connectivity index (χ4v) is 24.8. The van der Waals surface area contributed by atoms with E-state index in [-0.39, 0.29) is 7.43 Å². The van der Waals surface area contributed by atoms with Crippen molar-refractivity contribution in [2.45, 2.75) is 7.43 Å². The molecule has 0 aromatic carbocycles. The third-order valence-corrected chi connectivity index (χ3v) is 27.0. The van der Waals surface area contributed by atoms with Crippen LogP contribution in [0.1, 0.15) is 7.43 Å². The number of carboxylic acids is 2. The molecule has 2 N–H and O–H groups in total. The minimum atomic E-state index is -0.838. The van der Waals surface area contributed by atoms with E-state index in [2.05, 4.69) is 21.6 Å². The van der Waals surface area contributed by atoms with Crippen molar-refractivity contribution in [3.8, 4) is 0 Å². The Morgan fingerprint density at radius 2 is 0.628 bits per heavy atom. The Labute approximate surface area is 316 Å². The Kier molecular flexibility index (Phi) is 12.7. The first kappa shape index (κ1) is 34.8. The summed E-state index contributed by atoms with van der Waals surface area (Å²) in [6, 6.07) is 0. The predicted octanol–water partition coefficient (Wildman–Crippen LogP) is 14.0. The molecule has 8 rings (SSSR count). The quantitative estimate of drug-likeness (QED) is 0.276. The lowest BCUT2D eigenvalue weighted by atomic mass is 10.7. The van der Waals surface area contributed by atoms with Crippen molar-refractivity contribution in [3.63, 3.8) is 0 Å². The Balaban J connectivity index is 0.000000150. The van der Waals surface area contributed by atoms with Crippen LogP contribution in [0.15, 0.2) is 93.1 Å². The van der Waals surface area contributed by atoms with Gasteiger partial charge < -0.3 is 10.2 Å². The highest BCUT2D eigenvalue weighted by Gasteiger charge is 2.36. The van der Waals surface area contributed by atoms with Crippen molar-refractivity contribution in [1.82, 2.24) is 0 Å². The van der Waals surface area contributed by atoms with E-state index in [9.17, 15) is 9.59 Å². The van der Waals surface area contributed by atoms with Gasteiger partial charge in [-0.25, -0.2) is 9.59 Å². The van der Waals surface area contributed by atoms with Gasteiger partial charge in [-0.2, -0.15) is 0 Å². The summed E-state index contributed by atoms with van der Waals surface area (Å²) in [6.45, 7) is 0. The predicted molar refractivity (Wildman–Crippen MR) is 220 cm³/mol. The maximum atomic E-state index is 11.0. The van der Waals surface area contributed by atoms with Crippen LogP contribution in [-0.4, -0.2) is 22.2 Å². The number of hydrogen-bond acceptors (Lipinski definition) is 18.